The molecule has 0 atom stereocenters. The molecular weight excluding hydrogens is 208 g/mol. The lowest BCUT2D eigenvalue weighted by atomic mass is 10.4. The molecule has 0 aromatic carbocycles. The van der Waals surface area contributed by atoms with Crippen molar-refractivity contribution < 1.29 is 9.18 Å². The molecule has 0 radical (unpaired) electrons. The number of aromatic nitrogens is 2. The number of rotatable bonds is 1. The fourth-order valence-corrected chi connectivity index (χ4v) is 0.939. The molecule has 1 rings (SSSR count). The summed E-state index contributed by atoms with van der Waals surface area (Å²) in [7, 11) is 0. The summed E-state index contributed by atoms with van der Waals surface area (Å²) in [6, 6.07) is 0. The Bertz CT molecular complexity index is 344. The second-order valence-corrected chi connectivity index (χ2v) is 2.51. The number of hydrogen-bond donors (Lipinski definition) is 1. The Hall–Kier alpha value is -0.940. The first-order chi connectivity index (χ1) is 5.52. The zero-order valence-electron chi connectivity index (χ0n) is 5.51. The van der Waals surface area contributed by atoms with E-state index in [1.807, 2.05) is 0 Å². The summed E-state index contributed by atoms with van der Waals surface area (Å²) in [5, 5.41) is -0.848. The van der Waals surface area contributed by atoms with E-state index in [1.165, 1.54) is 0 Å². The summed E-state index contributed by atoms with van der Waals surface area (Å²) in [5.74, 6) is -2.10. The van der Waals surface area contributed by atoms with Crippen LogP contribution >= 0.6 is 23.2 Å². The van der Waals surface area contributed by atoms with Gasteiger partial charge in [-0.1, -0.05) is 11.6 Å². The zero-order valence-corrected chi connectivity index (χ0v) is 7.03. The van der Waals surface area contributed by atoms with Gasteiger partial charge in [-0.15, -0.1) is 0 Å². The van der Waals surface area contributed by atoms with Crippen LogP contribution in [0.3, 0.4) is 0 Å². The highest BCUT2D eigenvalue weighted by Gasteiger charge is 2.15. The fourth-order valence-electron chi connectivity index (χ4n) is 0.557. The molecule has 2 N–H and O–H groups in total. The molecule has 0 saturated carbocycles. The maximum absolute atomic E-state index is 12.8. The molecule has 0 spiro atoms. The Labute approximate surface area is 76.5 Å². The first-order valence-electron chi connectivity index (χ1n) is 2.70. The van der Waals surface area contributed by atoms with Crippen molar-refractivity contribution in [3.8, 4) is 0 Å². The summed E-state index contributed by atoms with van der Waals surface area (Å²) < 4.78 is 12.8. The van der Waals surface area contributed by atoms with Gasteiger partial charge in [0, 0.05) is 0 Å². The predicted octanol–water partition coefficient (Wildman–Crippen LogP) is 1.02. The van der Waals surface area contributed by atoms with Gasteiger partial charge in [-0.3, -0.25) is 4.79 Å². The minimum Gasteiger partial charge on any atom is -0.364 e. The van der Waals surface area contributed by atoms with Crippen LogP contribution in [0.4, 0.5) is 4.39 Å². The van der Waals surface area contributed by atoms with Gasteiger partial charge in [-0.05, 0) is 11.6 Å². The highest BCUT2D eigenvalue weighted by Crippen LogP contribution is 2.16. The molecule has 1 amide bonds. The third kappa shape index (κ3) is 1.62. The van der Waals surface area contributed by atoms with Crippen molar-refractivity contribution >= 4 is 29.1 Å². The van der Waals surface area contributed by atoms with Crippen LogP contribution in [0, 0.1) is 5.82 Å². The first kappa shape index (κ1) is 9.15. The van der Waals surface area contributed by atoms with Crippen molar-refractivity contribution in [3.05, 3.63) is 21.9 Å². The van der Waals surface area contributed by atoms with E-state index in [2.05, 4.69) is 9.97 Å². The first-order valence-corrected chi connectivity index (χ1v) is 3.46. The molecule has 0 fully saturated rings. The van der Waals surface area contributed by atoms with Crippen LogP contribution in [-0.4, -0.2) is 15.9 Å². The van der Waals surface area contributed by atoms with Gasteiger partial charge < -0.3 is 5.73 Å². The normalized spacial score (nSPS) is 9.92. The molecule has 4 nitrogen and oxygen atoms in total. The zero-order chi connectivity index (χ0) is 9.30. The second kappa shape index (κ2) is 3.20. The van der Waals surface area contributed by atoms with E-state index in [-0.39, 0.29) is 5.28 Å². The smallest absolute Gasteiger partial charge is 0.270 e. The Balaban J connectivity index is 3.37. The molecule has 12 heavy (non-hydrogen) atoms. The maximum Gasteiger partial charge on any atom is 0.270 e. The van der Waals surface area contributed by atoms with Crippen molar-refractivity contribution in [2.45, 2.75) is 0 Å². The van der Waals surface area contributed by atoms with Crippen molar-refractivity contribution in [1.29, 1.82) is 0 Å². The molecule has 7 heteroatoms. The lowest BCUT2D eigenvalue weighted by Crippen LogP contribution is -2.16. The molecular formula is C5H2Cl2FN3O. The summed E-state index contributed by atoms with van der Waals surface area (Å²) in [6.45, 7) is 0. The van der Waals surface area contributed by atoms with Gasteiger partial charge in [0.05, 0.1) is 0 Å². The molecule has 0 unspecified atom stereocenters. The summed E-state index contributed by atoms with van der Waals surface area (Å²) in [6.07, 6.45) is 0. The number of hydrogen-bond acceptors (Lipinski definition) is 3. The van der Waals surface area contributed by atoms with Crippen LogP contribution in [0.2, 0.25) is 10.4 Å². The third-order valence-electron chi connectivity index (χ3n) is 1.02. The van der Waals surface area contributed by atoms with E-state index in [0.29, 0.717) is 0 Å². The van der Waals surface area contributed by atoms with Crippen LogP contribution in [0.1, 0.15) is 10.5 Å². The summed E-state index contributed by atoms with van der Waals surface area (Å²) in [5.41, 5.74) is 4.15. The summed E-state index contributed by atoms with van der Waals surface area (Å²) in [4.78, 5) is 17.0. The van der Waals surface area contributed by atoms with Crippen molar-refractivity contribution in [1.82, 2.24) is 9.97 Å². The number of nitrogens with zero attached hydrogens (tertiary/aromatic N) is 2. The number of halogens is 3. The van der Waals surface area contributed by atoms with Crippen LogP contribution in [0.25, 0.3) is 0 Å². The number of carbonyl (C=O) groups is 1. The second-order valence-electron chi connectivity index (χ2n) is 1.81. The molecule has 1 aromatic rings. The predicted molar refractivity (Wildman–Crippen MR) is 40.5 cm³/mol. The Kier molecular flexibility index (Phi) is 2.44. The van der Waals surface area contributed by atoms with Gasteiger partial charge in [0.2, 0.25) is 5.28 Å². The number of primary amides is 1. The fraction of sp³-hybridized carbons (Fsp3) is 0. The molecule has 0 saturated heterocycles. The van der Waals surface area contributed by atoms with Gasteiger partial charge in [0.25, 0.3) is 5.91 Å². The van der Waals surface area contributed by atoms with Gasteiger partial charge in [0.1, 0.15) is 0 Å². The van der Waals surface area contributed by atoms with E-state index in [4.69, 9.17) is 28.9 Å². The van der Waals surface area contributed by atoms with Crippen LogP contribution in [0.15, 0.2) is 0 Å². The van der Waals surface area contributed by atoms with Crippen molar-refractivity contribution in [2.24, 2.45) is 5.73 Å². The molecule has 0 aliphatic heterocycles. The number of nitrogens with two attached hydrogens (primary N) is 1. The molecule has 64 valence electrons. The Morgan fingerprint density at radius 3 is 2.50 bits per heavy atom. The number of carbonyl (C=O) groups excluding carboxylic acids is 1. The Morgan fingerprint density at radius 1 is 1.42 bits per heavy atom. The van der Waals surface area contributed by atoms with Gasteiger partial charge in [-0.2, -0.15) is 0 Å². The van der Waals surface area contributed by atoms with E-state index in [1.54, 1.807) is 0 Å². The van der Waals surface area contributed by atoms with E-state index in [0.717, 1.165) is 0 Å². The SMILES string of the molecule is NC(=O)c1nc(Cl)nc(Cl)c1F. The van der Waals surface area contributed by atoms with Gasteiger partial charge in [-0.25, -0.2) is 14.4 Å². The van der Waals surface area contributed by atoms with Crippen LogP contribution in [0.5, 0.6) is 0 Å². The minimum absolute atomic E-state index is 0.324. The van der Waals surface area contributed by atoms with Crippen molar-refractivity contribution in [2.75, 3.05) is 0 Å². The topological polar surface area (TPSA) is 68.9 Å². The largest absolute Gasteiger partial charge is 0.364 e. The third-order valence-corrected chi connectivity index (χ3v) is 1.44. The minimum atomic E-state index is -1.06. The molecule has 1 aromatic heterocycles. The lowest BCUT2D eigenvalue weighted by Gasteiger charge is -1.98. The Morgan fingerprint density at radius 2 is 2.00 bits per heavy atom. The average molecular weight is 210 g/mol. The van der Waals surface area contributed by atoms with Crippen LogP contribution < -0.4 is 5.73 Å². The van der Waals surface area contributed by atoms with Gasteiger partial charge in [0.15, 0.2) is 16.7 Å². The van der Waals surface area contributed by atoms with Crippen LogP contribution in [-0.2, 0) is 0 Å². The lowest BCUT2D eigenvalue weighted by molar-refractivity contribution is 0.0991. The molecule has 0 aliphatic carbocycles. The highest BCUT2D eigenvalue weighted by atomic mass is 35.5. The maximum atomic E-state index is 12.8. The average Bonchev–Trinajstić information content (AvgIpc) is 1.96. The molecule has 0 bridgehead atoms. The monoisotopic (exact) mass is 209 g/mol. The summed E-state index contributed by atoms with van der Waals surface area (Å²) >= 11 is 10.5. The number of amides is 1. The van der Waals surface area contributed by atoms with E-state index in [9.17, 15) is 9.18 Å². The molecule has 1 heterocycles. The highest BCUT2D eigenvalue weighted by molar-refractivity contribution is 6.32. The standard InChI is InChI=1S/C5H2Cl2FN3O/c6-3-1(8)2(4(9)12)10-5(7)11-3/h(H2,9,12). The van der Waals surface area contributed by atoms with Crippen molar-refractivity contribution in [3.63, 3.8) is 0 Å². The van der Waals surface area contributed by atoms with Gasteiger partial charge >= 0.3 is 0 Å². The quantitative estimate of drug-likeness (QED) is 0.555. The van der Waals surface area contributed by atoms with E-state index >= 15 is 0 Å². The molecule has 0 aliphatic rings. The van der Waals surface area contributed by atoms with E-state index < -0.39 is 22.6 Å².